The highest BCUT2D eigenvalue weighted by atomic mass is 19.4. The Morgan fingerprint density at radius 1 is 0.906 bits per heavy atom. The Bertz CT molecular complexity index is 990. The molecule has 0 bridgehead atoms. The predicted octanol–water partition coefficient (Wildman–Crippen LogP) is 3.08. The molecule has 32 heavy (non-hydrogen) atoms. The van der Waals surface area contributed by atoms with Crippen LogP contribution in [0.15, 0.2) is 54.6 Å². The number of carbonyl (C=O) groups excluding carboxylic acids is 2. The second kappa shape index (κ2) is 8.55. The molecule has 2 aliphatic heterocycles. The molecule has 9 heteroatoms. The van der Waals surface area contributed by atoms with E-state index in [2.05, 4.69) is 24.0 Å². The van der Waals surface area contributed by atoms with Gasteiger partial charge in [0.25, 0.3) is 5.91 Å². The van der Waals surface area contributed by atoms with Crippen LogP contribution in [0.2, 0.25) is 0 Å². The quantitative estimate of drug-likeness (QED) is 0.718. The smallest absolute Gasteiger partial charge is 0.312 e. The molecule has 4 rings (SSSR count). The molecule has 2 saturated heterocycles. The van der Waals surface area contributed by atoms with Gasteiger partial charge in [-0.2, -0.15) is 13.2 Å². The summed E-state index contributed by atoms with van der Waals surface area (Å²) in [7, 11) is 0. The number of piperazine rings is 1. The summed E-state index contributed by atoms with van der Waals surface area (Å²) >= 11 is 0. The molecule has 170 valence electrons. The lowest BCUT2D eigenvalue weighted by Gasteiger charge is -2.36. The van der Waals surface area contributed by atoms with Gasteiger partial charge >= 0.3 is 12.2 Å². The van der Waals surface area contributed by atoms with Gasteiger partial charge in [0.15, 0.2) is 0 Å². The Morgan fingerprint density at radius 2 is 1.50 bits per heavy atom. The van der Waals surface area contributed by atoms with Gasteiger partial charge in [0.1, 0.15) is 0 Å². The maximum absolute atomic E-state index is 14.1. The van der Waals surface area contributed by atoms with E-state index in [1.165, 1.54) is 35.4 Å². The molecule has 0 spiro atoms. The Balaban J connectivity index is 1.44. The standard InChI is InChI=1S/C23H25F3N4O2/c1-17-7-5-6-8-18(17)15-28-11-13-29(14-12-28)16-30-20(31)22(23(24,25)26,27-21(30)32)19-9-3-2-4-10-19/h2-10H,11-16H2,1H3,(H,27,32). The highest BCUT2D eigenvalue weighted by molar-refractivity contribution is 6.08. The molecule has 1 unspecified atom stereocenters. The second-order valence-electron chi connectivity index (χ2n) is 8.24. The molecule has 6 nitrogen and oxygen atoms in total. The third-order valence-electron chi connectivity index (χ3n) is 6.20. The van der Waals surface area contributed by atoms with Crippen molar-refractivity contribution in [2.75, 3.05) is 32.8 Å². The Morgan fingerprint density at radius 3 is 2.12 bits per heavy atom. The van der Waals surface area contributed by atoms with Crippen LogP contribution in [0.4, 0.5) is 18.0 Å². The number of aryl methyl sites for hydroxylation is 1. The Hall–Kier alpha value is -2.91. The number of carbonyl (C=O) groups is 2. The molecule has 2 aromatic rings. The van der Waals surface area contributed by atoms with Crippen LogP contribution in [-0.2, 0) is 16.9 Å². The van der Waals surface area contributed by atoms with Crippen LogP contribution in [0.3, 0.4) is 0 Å². The van der Waals surface area contributed by atoms with E-state index < -0.39 is 23.7 Å². The molecule has 3 amide bonds. The van der Waals surface area contributed by atoms with E-state index >= 15 is 0 Å². The third kappa shape index (κ3) is 3.98. The maximum Gasteiger partial charge on any atom is 0.425 e. The molecule has 1 atom stereocenters. The largest absolute Gasteiger partial charge is 0.425 e. The summed E-state index contributed by atoms with van der Waals surface area (Å²) in [4.78, 5) is 30.3. The van der Waals surface area contributed by atoms with Gasteiger partial charge in [-0.05, 0) is 23.6 Å². The average Bonchev–Trinajstić information content (AvgIpc) is 3.03. The van der Waals surface area contributed by atoms with Gasteiger partial charge in [0, 0.05) is 32.7 Å². The summed E-state index contributed by atoms with van der Waals surface area (Å²) in [6.07, 6.45) is -4.97. The van der Waals surface area contributed by atoms with Gasteiger partial charge in [-0.15, -0.1) is 0 Å². The minimum atomic E-state index is -4.97. The van der Waals surface area contributed by atoms with E-state index in [0.29, 0.717) is 31.1 Å². The zero-order valence-corrected chi connectivity index (χ0v) is 17.7. The van der Waals surface area contributed by atoms with Crippen LogP contribution in [0.5, 0.6) is 0 Å². The number of nitrogens with one attached hydrogen (secondary N) is 1. The van der Waals surface area contributed by atoms with Crippen molar-refractivity contribution < 1.29 is 22.8 Å². The van der Waals surface area contributed by atoms with Crippen LogP contribution in [0, 0.1) is 6.92 Å². The van der Waals surface area contributed by atoms with E-state index in [9.17, 15) is 22.8 Å². The normalized spacial score (nSPS) is 22.9. The maximum atomic E-state index is 14.1. The van der Waals surface area contributed by atoms with Crippen LogP contribution >= 0.6 is 0 Å². The topological polar surface area (TPSA) is 55.9 Å². The third-order valence-corrected chi connectivity index (χ3v) is 6.20. The number of hydrogen-bond donors (Lipinski definition) is 1. The lowest BCUT2D eigenvalue weighted by molar-refractivity contribution is -0.198. The van der Waals surface area contributed by atoms with Gasteiger partial charge in [0.2, 0.25) is 5.54 Å². The number of benzene rings is 2. The number of halogens is 3. The highest BCUT2D eigenvalue weighted by Crippen LogP contribution is 2.43. The fraction of sp³-hybridized carbons (Fsp3) is 0.391. The number of amides is 3. The first-order valence-corrected chi connectivity index (χ1v) is 10.5. The molecule has 2 heterocycles. The number of urea groups is 1. The fourth-order valence-corrected chi connectivity index (χ4v) is 4.26. The summed E-state index contributed by atoms with van der Waals surface area (Å²) < 4.78 is 42.3. The average molecular weight is 446 g/mol. The summed E-state index contributed by atoms with van der Waals surface area (Å²) in [6.45, 7) is 5.16. The van der Waals surface area contributed by atoms with Crippen molar-refractivity contribution >= 4 is 11.9 Å². The molecule has 0 aromatic heterocycles. The number of alkyl halides is 3. The van der Waals surface area contributed by atoms with Crippen molar-refractivity contribution in [3.63, 3.8) is 0 Å². The molecular formula is C23H25F3N4O2. The minimum absolute atomic E-state index is 0.173. The van der Waals surface area contributed by atoms with Gasteiger partial charge in [-0.1, -0.05) is 54.6 Å². The van der Waals surface area contributed by atoms with E-state index in [1.807, 2.05) is 22.3 Å². The van der Waals surface area contributed by atoms with Crippen LogP contribution in [0.1, 0.15) is 16.7 Å². The SMILES string of the molecule is Cc1ccccc1CN1CCN(CN2C(=O)NC(c3ccccc3)(C(F)(F)F)C2=O)CC1. The minimum Gasteiger partial charge on any atom is -0.312 e. The number of nitrogens with zero attached hydrogens (tertiary/aromatic N) is 3. The lowest BCUT2D eigenvalue weighted by Crippen LogP contribution is -2.56. The summed E-state index contributed by atoms with van der Waals surface area (Å²) in [5, 5.41) is 1.94. The first-order valence-electron chi connectivity index (χ1n) is 10.5. The van der Waals surface area contributed by atoms with Crippen LogP contribution in [-0.4, -0.2) is 65.7 Å². The molecular weight excluding hydrogens is 421 g/mol. The van der Waals surface area contributed by atoms with Gasteiger partial charge in [-0.3, -0.25) is 14.6 Å². The van der Waals surface area contributed by atoms with Crippen molar-refractivity contribution in [2.24, 2.45) is 0 Å². The van der Waals surface area contributed by atoms with Gasteiger partial charge in [-0.25, -0.2) is 9.69 Å². The highest BCUT2D eigenvalue weighted by Gasteiger charge is 2.68. The molecule has 0 aliphatic carbocycles. The molecule has 0 saturated carbocycles. The summed E-state index contributed by atoms with van der Waals surface area (Å²) in [5.41, 5.74) is -0.916. The zero-order chi connectivity index (χ0) is 22.9. The molecule has 2 aromatic carbocycles. The molecule has 2 fully saturated rings. The van der Waals surface area contributed by atoms with E-state index in [4.69, 9.17) is 0 Å². The second-order valence-corrected chi connectivity index (χ2v) is 8.24. The van der Waals surface area contributed by atoms with E-state index in [-0.39, 0.29) is 12.2 Å². The molecule has 2 aliphatic rings. The molecule has 1 N–H and O–H groups in total. The van der Waals surface area contributed by atoms with Crippen LogP contribution in [0.25, 0.3) is 0 Å². The van der Waals surface area contributed by atoms with Crippen molar-refractivity contribution in [3.05, 3.63) is 71.3 Å². The van der Waals surface area contributed by atoms with Crippen molar-refractivity contribution in [1.29, 1.82) is 0 Å². The lowest BCUT2D eigenvalue weighted by atomic mass is 9.89. The summed E-state index contributed by atoms with van der Waals surface area (Å²) in [5.74, 6) is -1.29. The van der Waals surface area contributed by atoms with E-state index in [0.717, 1.165) is 6.54 Å². The van der Waals surface area contributed by atoms with Gasteiger partial charge in [0.05, 0.1) is 6.67 Å². The van der Waals surface area contributed by atoms with E-state index in [1.54, 1.807) is 6.07 Å². The fourth-order valence-electron chi connectivity index (χ4n) is 4.26. The Labute approximate surface area is 184 Å². The van der Waals surface area contributed by atoms with Crippen molar-refractivity contribution in [2.45, 2.75) is 25.2 Å². The predicted molar refractivity (Wildman–Crippen MR) is 112 cm³/mol. The summed E-state index contributed by atoms with van der Waals surface area (Å²) in [6, 6.07) is 13.9. The monoisotopic (exact) mass is 446 g/mol. The molecule has 0 radical (unpaired) electrons. The Kier molecular flexibility index (Phi) is 5.96. The number of imide groups is 1. The number of rotatable bonds is 5. The van der Waals surface area contributed by atoms with Crippen LogP contribution < -0.4 is 5.32 Å². The van der Waals surface area contributed by atoms with Crippen molar-refractivity contribution in [1.82, 2.24) is 20.0 Å². The van der Waals surface area contributed by atoms with Gasteiger partial charge < -0.3 is 5.32 Å². The zero-order valence-electron chi connectivity index (χ0n) is 17.7. The first kappa shape index (κ1) is 22.3. The first-order chi connectivity index (χ1) is 15.2. The number of hydrogen-bond acceptors (Lipinski definition) is 4. The van der Waals surface area contributed by atoms with Crippen molar-refractivity contribution in [3.8, 4) is 0 Å².